The number of allylic oxidation sites excluding steroid dienone is 3. The van der Waals surface area contributed by atoms with Crippen molar-refractivity contribution in [2.75, 3.05) is 13.1 Å². The van der Waals surface area contributed by atoms with E-state index in [1.165, 1.54) is 17.6 Å². The van der Waals surface area contributed by atoms with Crippen molar-refractivity contribution in [1.29, 1.82) is 0 Å². The lowest BCUT2D eigenvalue weighted by molar-refractivity contribution is 0.0911. The zero-order valence-electron chi connectivity index (χ0n) is 16.4. The molecule has 2 aliphatic heterocycles. The largest absolute Gasteiger partial charge is 0.466 e. The van der Waals surface area contributed by atoms with Gasteiger partial charge in [0, 0.05) is 13.1 Å². The number of rotatable bonds is 3. The van der Waals surface area contributed by atoms with Gasteiger partial charge in [0.1, 0.15) is 18.8 Å². The zero-order chi connectivity index (χ0) is 18.0. The van der Waals surface area contributed by atoms with Gasteiger partial charge in [-0.2, -0.15) is 0 Å². The van der Waals surface area contributed by atoms with E-state index in [4.69, 9.17) is 9.47 Å². The highest BCUT2D eigenvalue weighted by Gasteiger charge is 2.36. The minimum atomic E-state index is 0.128. The van der Waals surface area contributed by atoms with Crippen molar-refractivity contribution in [1.82, 2.24) is 4.90 Å². The van der Waals surface area contributed by atoms with E-state index in [1.807, 2.05) is 0 Å². The predicted octanol–water partition coefficient (Wildman–Crippen LogP) is 5.39. The third-order valence-electron chi connectivity index (χ3n) is 5.40. The smallest absolute Gasteiger partial charge is 0.160 e. The molecule has 0 saturated carbocycles. The highest BCUT2D eigenvalue weighted by molar-refractivity contribution is 5.40. The van der Waals surface area contributed by atoms with Crippen LogP contribution in [0.1, 0.15) is 53.9 Å². The lowest BCUT2D eigenvalue weighted by Crippen LogP contribution is -2.48. The number of ether oxygens (including phenoxy) is 2. The van der Waals surface area contributed by atoms with Gasteiger partial charge in [-0.1, -0.05) is 46.8 Å². The molecule has 0 aromatic heterocycles. The van der Waals surface area contributed by atoms with Crippen molar-refractivity contribution in [2.24, 2.45) is 17.3 Å². The molecule has 1 aliphatic carbocycles. The van der Waals surface area contributed by atoms with Crippen molar-refractivity contribution in [3.63, 3.8) is 0 Å². The molecule has 0 N–H and O–H groups in total. The Labute approximate surface area is 153 Å². The molecule has 0 bridgehead atoms. The average molecular weight is 344 g/mol. The second-order valence-electron chi connectivity index (χ2n) is 8.98. The van der Waals surface area contributed by atoms with E-state index in [-0.39, 0.29) is 11.5 Å². The van der Waals surface area contributed by atoms with Crippen molar-refractivity contribution in [2.45, 2.75) is 59.9 Å². The van der Waals surface area contributed by atoms with Gasteiger partial charge in [0.05, 0.1) is 6.04 Å². The predicted molar refractivity (Wildman–Crippen MR) is 103 cm³/mol. The second-order valence-corrected chi connectivity index (χ2v) is 8.98. The Morgan fingerprint density at radius 1 is 1.12 bits per heavy atom. The van der Waals surface area contributed by atoms with Gasteiger partial charge in [-0.15, -0.1) is 0 Å². The third kappa shape index (κ3) is 4.20. The molecule has 3 nitrogen and oxygen atoms in total. The van der Waals surface area contributed by atoms with E-state index < -0.39 is 0 Å². The highest BCUT2D eigenvalue weighted by atomic mass is 16.5. The first-order valence-electron chi connectivity index (χ1n) is 9.67. The summed E-state index contributed by atoms with van der Waals surface area (Å²) in [5.74, 6) is 2.35. The number of hydrogen-bond acceptors (Lipinski definition) is 3. The Bertz CT molecular complexity index is 596. The standard InChI is InChI=1S/C22H33NO2/c1-16-12-17(2)14-23(13-16)21(20-15-24-10-11-25-20)18-8-6-7-9-19(18)22(3,4)5/h7,9-11,15-17,21H,6,8,12-14H2,1-5H3. The van der Waals surface area contributed by atoms with Gasteiger partial charge in [0.15, 0.2) is 5.76 Å². The molecule has 1 saturated heterocycles. The average Bonchev–Trinajstić information content (AvgIpc) is 2.55. The van der Waals surface area contributed by atoms with Gasteiger partial charge >= 0.3 is 0 Å². The highest BCUT2D eigenvalue weighted by Crippen LogP contribution is 2.40. The fraction of sp³-hybridized carbons (Fsp3) is 0.636. The molecular weight excluding hydrogens is 310 g/mol. The first-order chi connectivity index (χ1) is 11.9. The lowest BCUT2D eigenvalue weighted by Gasteiger charge is -2.43. The van der Waals surface area contributed by atoms with Crippen molar-refractivity contribution in [3.05, 3.63) is 47.8 Å². The van der Waals surface area contributed by atoms with Crippen LogP contribution < -0.4 is 0 Å². The number of likely N-dealkylation sites (tertiary alicyclic amines) is 1. The van der Waals surface area contributed by atoms with E-state index >= 15 is 0 Å². The normalized spacial score (nSPS) is 29.1. The molecule has 3 unspecified atom stereocenters. The maximum Gasteiger partial charge on any atom is 0.160 e. The molecule has 3 aliphatic rings. The quantitative estimate of drug-likeness (QED) is 0.686. The summed E-state index contributed by atoms with van der Waals surface area (Å²) in [6.07, 6.45) is 13.2. The van der Waals surface area contributed by atoms with Crippen LogP contribution in [0.2, 0.25) is 0 Å². The number of nitrogens with zero attached hydrogens (tertiary/aromatic N) is 1. The minimum Gasteiger partial charge on any atom is -0.466 e. The van der Waals surface area contributed by atoms with Gasteiger partial charge in [0.2, 0.25) is 0 Å². The Kier molecular flexibility index (Phi) is 5.43. The fourth-order valence-corrected chi connectivity index (χ4v) is 4.59. The number of piperidine rings is 1. The van der Waals surface area contributed by atoms with E-state index in [0.717, 1.165) is 31.7 Å². The second kappa shape index (κ2) is 7.41. The van der Waals surface area contributed by atoms with Gasteiger partial charge in [-0.25, -0.2) is 0 Å². The van der Waals surface area contributed by atoms with Gasteiger partial charge in [-0.3, -0.25) is 4.90 Å². The minimum absolute atomic E-state index is 0.128. The van der Waals surface area contributed by atoms with E-state index in [1.54, 1.807) is 18.8 Å². The first-order valence-corrected chi connectivity index (χ1v) is 9.67. The molecule has 3 heteroatoms. The van der Waals surface area contributed by atoms with Crippen LogP contribution in [0.3, 0.4) is 0 Å². The Morgan fingerprint density at radius 2 is 1.84 bits per heavy atom. The van der Waals surface area contributed by atoms with E-state index in [2.05, 4.69) is 51.7 Å². The van der Waals surface area contributed by atoms with Crippen LogP contribution in [0.5, 0.6) is 0 Å². The van der Waals surface area contributed by atoms with Gasteiger partial charge in [0.25, 0.3) is 0 Å². The van der Waals surface area contributed by atoms with Crippen LogP contribution in [-0.4, -0.2) is 24.0 Å². The summed E-state index contributed by atoms with van der Waals surface area (Å²) in [7, 11) is 0. The van der Waals surface area contributed by atoms with Crippen molar-refractivity contribution in [3.8, 4) is 0 Å². The first kappa shape index (κ1) is 18.3. The molecule has 1 fully saturated rings. The molecule has 0 radical (unpaired) electrons. The summed E-state index contributed by atoms with van der Waals surface area (Å²) in [4.78, 5) is 2.62. The van der Waals surface area contributed by atoms with Crippen LogP contribution >= 0.6 is 0 Å². The summed E-state index contributed by atoms with van der Waals surface area (Å²) in [6.45, 7) is 13.9. The van der Waals surface area contributed by atoms with E-state index in [0.29, 0.717) is 11.8 Å². The maximum atomic E-state index is 5.93. The van der Waals surface area contributed by atoms with Crippen molar-refractivity contribution >= 4 is 0 Å². The topological polar surface area (TPSA) is 21.7 Å². The van der Waals surface area contributed by atoms with Crippen LogP contribution in [0.4, 0.5) is 0 Å². The van der Waals surface area contributed by atoms with Gasteiger partial charge < -0.3 is 9.47 Å². The molecular formula is C22H33NO2. The summed E-state index contributed by atoms with van der Waals surface area (Å²) >= 11 is 0. The molecule has 0 amide bonds. The molecule has 3 atom stereocenters. The molecule has 3 rings (SSSR count). The SMILES string of the molecule is CC1CC(C)CN(C(C2=COC=CO2)C2=C(C(C)(C)C)C=CCC2)C1. The molecule has 138 valence electrons. The lowest BCUT2D eigenvalue weighted by atomic mass is 9.76. The molecule has 0 spiro atoms. The monoisotopic (exact) mass is 343 g/mol. The van der Waals surface area contributed by atoms with Crippen LogP contribution in [0.15, 0.2) is 47.8 Å². The van der Waals surface area contributed by atoms with Gasteiger partial charge in [-0.05, 0) is 47.7 Å². The molecule has 0 aromatic rings. The Morgan fingerprint density at radius 3 is 2.44 bits per heavy atom. The maximum absolute atomic E-state index is 5.93. The van der Waals surface area contributed by atoms with Crippen LogP contribution in [-0.2, 0) is 9.47 Å². The van der Waals surface area contributed by atoms with Crippen molar-refractivity contribution < 1.29 is 9.47 Å². The van der Waals surface area contributed by atoms with Crippen LogP contribution in [0.25, 0.3) is 0 Å². The molecule has 25 heavy (non-hydrogen) atoms. The zero-order valence-corrected chi connectivity index (χ0v) is 16.4. The van der Waals surface area contributed by atoms with Crippen LogP contribution in [0, 0.1) is 17.3 Å². The Hall–Kier alpha value is -1.48. The fourth-order valence-electron chi connectivity index (χ4n) is 4.59. The summed E-state index contributed by atoms with van der Waals surface area (Å²) < 4.78 is 11.4. The number of hydrogen-bond donors (Lipinski definition) is 0. The van der Waals surface area contributed by atoms with E-state index in [9.17, 15) is 0 Å². The Balaban J connectivity index is 2.03. The summed E-state index contributed by atoms with van der Waals surface area (Å²) in [5, 5.41) is 0. The molecule has 2 heterocycles. The third-order valence-corrected chi connectivity index (χ3v) is 5.40. The summed E-state index contributed by atoms with van der Waals surface area (Å²) in [6, 6.07) is 0.175. The summed E-state index contributed by atoms with van der Waals surface area (Å²) in [5.41, 5.74) is 3.08. The molecule has 0 aromatic carbocycles.